The fourth-order valence-corrected chi connectivity index (χ4v) is 4.68. The van der Waals surface area contributed by atoms with Crippen LogP contribution in [0.15, 0.2) is 41.5 Å². The molecule has 2 aliphatic rings. The number of amides is 1. The van der Waals surface area contributed by atoms with E-state index in [9.17, 15) is 9.18 Å². The molecule has 29 heavy (non-hydrogen) atoms. The summed E-state index contributed by atoms with van der Waals surface area (Å²) >= 11 is 1.43. The van der Waals surface area contributed by atoms with E-state index in [-0.39, 0.29) is 12.3 Å². The molecule has 1 fully saturated rings. The molecule has 3 heterocycles. The molecule has 7 nitrogen and oxygen atoms in total. The highest BCUT2D eigenvalue weighted by molar-refractivity contribution is 8.13. The average molecular weight is 411 g/mol. The number of hydrogen-bond acceptors (Lipinski definition) is 7. The van der Waals surface area contributed by atoms with Crippen molar-refractivity contribution in [3.8, 4) is 6.07 Å². The highest BCUT2D eigenvalue weighted by Crippen LogP contribution is 2.53. The second-order valence-electron chi connectivity index (χ2n) is 7.35. The van der Waals surface area contributed by atoms with Crippen LogP contribution >= 0.6 is 11.8 Å². The van der Waals surface area contributed by atoms with Crippen LogP contribution in [0.1, 0.15) is 28.5 Å². The maximum atomic E-state index is 14.9. The van der Waals surface area contributed by atoms with Crippen LogP contribution in [0.25, 0.3) is 0 Å². The minimum absolute atomic E-state index is 0.151. The zero-order valence-electron chi connectivity index (χ0n) is 15.6. The Kier molecular flexibility index (Phi) is 4.76. The molecule has 4 rings (SSSR count). The van der Waals surface area contributed by atoms with Gasteiger partial charge in [0.05, 0.1) is 18.8 Å². The van der Waals surface area contributed by atoms with Gasteiger partial charge in [0.1, 0.15) is 23.1 Å². The Balaban J connectivity index is 1.68. The summed E-state index contributed by atoms with van der Waals surface area (Å²) in [4.78, 5) is 21.1. The Morgan fingerprint density at radius 1 is 1.38 bits per heavy atom. The molecule has 9 heteroatoms. The molecule has 2 aliphatic heterocycles. The second-order valence-corrected chi connectivity index (χ2v) is 8.34. The number of hydrogen-bond donors (Lipinski definition) is 2. The molecular weight excluding hydrogens is 393 g/mol. The Morgan fingerprint density at radius 2 is 2.21 bits per heavy atom. The monoisotopic (exact) mass is 411 g/mol. The first kappa shape index (κ1) is 19.4. The van der Waals surface area contributed by atoms with E-state index in [1.807, 2.05) is 13.0 Å². The van der Waals surface area contributed by atoms with E-state index in [1.165, 1.54) is 42.2 Å². The van der Waals surface area contributed by atoms with E-state index in [0.29, 0.717) is 34.3 Å². The molecule has 1 amide bonds. The number of fused-ring (bicyclic) bond motifs is 1. The van der Waals surface area contributed by atoms with E-state index in [1.54, 1.807) is 6.07 Å². The molecule has 3 N–H and O–H groups in total. The number of carbonyl (C=O) groups excluding carboxylic acids is 1. The van der Waals surface area contributed by atoms with Crippen molar-refractivity contribution in [3.63, 3.8) is 0 Å². The molecule has 2 aromatic rings. The third kappa shape index (κ3) is 3.24. The van der Waals surface area contributed by atoms with Crippen molar-refractivity contribution >= 4 is 28.5 Å². The van der Waals surface area contributed by atoms with Gasteiger partial charge in [-0.25, -0.2) is 14.4 Å². The first-order chi connectivity index (χ1) is 13.9. The molecule has 0 bridgehead atoms. The minimum atomic E-state index is -0.945. The number of thioether (sulfide) groups is 1. The molecule has 2 unspecified atom stereocenters. The van der Waals surface area contributed by atoms with Gasteiger partial charge < -0.3 is 15.8 Å². The van der Waals surface area contributed by atoms with Crippen LogP contribution in [0.3, 0.4) is 0 Å². The van der Waals surface area contributed by atoms with E-state index < -0.39 is 22.7 Å². The van der Waals surface area contributed by atoms with Gasteiger partial charge in [-0.05, 0) is 30.3 Å². The molecule has 0 saturated carbocycles. The van der Waals surface area contributed by atoms with Crippen LogP contribution in [0.2, 0.25) is 0 Å². The number of nitriles is 1. The van der Waals surface area contributed by atoms with Crippen LogP contribution in [-0.2, 0) is 10.3 Å². The molecule has 1 saturated heterocycles. The Bertz CT molecular complexity index is 1050. The van der Waals surface area contributed by atoms with Gasteiger partial charge in [0.2, 0.25) is 0 Å². The number of halogens is 1. The lowest BCUT2D eigenvalue weighted by molar-refractivity contribution is 0.102. The SMILES string of the molecule is CC12COCC1(c1cc(NC(=O)c3ccc(C#N)cn3)ccc1F)N=C(N)SC2. The molecule has 0 spiro atoms. The Labute approximate surface area is 171 Å². The molecule has 1 aromatic heterocycles. The number of benzene rings is 1. The lowest BCUT2D eigenvalue weighted by Gasteiger charge is -2.42. The quantitative estimate of drug-likeness (QED) is 0.803. The lowest BCUT2D eigenvalue weighted by Crippen LogP contribution is -2.48. The van der Waals surface area contributed by atoms with Crippen molar-refractivity contribution in [2.45, 2.75) is 12.5 Å². The van der Waals surface area contributed by atoms with Gasteiger partial charge in [-0.1, -0.05) is 18.7 Å². The highest BCUT2D eigenvalue weighted by Gasteiger charge is 2.57. The Morgan fingerprint density at radius 3 is 2.93 bits per heavy atom. The van der Waals surface area contributed by atoms with Crippen molar-refractivity contribution in [1.82, 2.24) is 4.98 Å². The summed E-state index contributed by atoms with van der Waals surface area (Å²) in [5.74, 6) is -0.232. The standard InChI is InChI=1S/C20H18FN5O2S/c1-19-9-28-10-20(19,26-18(23)29-11-19)14-6-13(3-4-15(14)21)25-17(27)16-5-2-12(7-22)8-24-16/h2-6,8H,9-11H2,1H3,(H2,23,26)(H,25,27). The number of aliphatic imine (C=N–C) groups is 1. The number of nitrogens with zero attached hydrogens (tertiary/aromatic N) is 3. The topological polar surface area (TPSA) is 113 Å². The number of aromatic nitrogens is 1. The first-order valence-corrected chi connectivity index (χ1v) is 9.89. The largest absolute Gasteiger partial charge is 0.379 e. The van der Waals surface area contributed by atoms with Crippen molar-refractivity contribution in [3.05, 3.63) is 59.2 Å². The number of anilines is 1. The van der Waals surface area contributed by atoms with E-state index in [0.717, 1.165) is 0 Å². The van der Waals surface area contributed by atoms with Crippen molar-refractivity contribution in [2.24, 2.45) is 16.1 Å². The third-order valence-corrected chi connectivity index (χ3v) is 6.53. The van der Waals surface area contributed by atoms with Crippen molar-refractivity contribution in [2.75, 3.05) is 24.3 Å². The van der Waals surface area contributed by atoms with Gasteiger partial charge in [-0.3, -0.25) is 4.79 Å². The summed E-state index contributed by atoms with van der Waals surface area (Å²) in [6.45, 7) is 2.67. The first-order valence-electron chi connectivity index (χ1n) is 8.90. The summed E-state index contributed by atoms with van der Waals surface area (Å²) in [7, 11) is 0. The summed E-state index contributed by atoms with van der Waals surface area (Å²) in [5, 5.41) is 12.0. The molecule has 1 aromatic carbocycles. The smallest absolute Gasteiger partial charge is 0.274 e. The maximum absolute atomic E-state index is 14.9. The predicted molar refractivity (Wildman–Crippen MR) is 108 cm³/mol. The third-order valence-electron chi connectivity index (χ3n) is 5.36. The molecule has 0 aliphatic carbocycles. The molecule has 148 valence electrons. The van der Waals surface area contributed by atoms with Crippen LogP contribution in [-0.4, -0.2) is 35.0 Å². The van der Waals surface area contributed by atoms with E-state index in [2.05, 4.69) is 15.3 Å². The van der Waals surface area contributed by atoms with Gasteiger partial charge in [0.25, 0.3) is 5.91 Å². The van der Waals surface area contributed by atoms with Crippen molar-refractivity contribution in [1.29, 1.82) is 5.26 Å². The zero-order valence-corrected chi connectivity index (χ0v) is 16.4. The maximum Gasteiger partial charge on any atom is 0.274 e. The van der Waals surface area contributed by atoms with Crippen LogP contribution in [0, 0.1) is 22.6 Å². The number of amidine groups is 1. The summed E-state index contributed by atoms with van der Waals surface area (Å²) in [5.41, 5.74) is 5.87. The fourth-order valence-electron chi connectivity index (χ4n) is 3.67. The number of rotatable bonds is 3. The van der Waals surface area contributed by atoms with Gasteiger partial charge in [0, 0.05) is 28.6 Å². The number of ether oxygens (including phenoxy) is 1. The highest BCUT2D eigenvalue weighted by atomic mass is 32.2. The van der Waals surface area contributed by atoms with Gasteiger partial charge >= 0.3 is 0 Å². The summed E-state index contributed by atoms with van der Waals surface area (Å²) in [6, 6.07) is 9.28. The molecule has 0 radical (unpaired) electrons. The normalized spacial score (nSPS) is 25.6. The van der Waals surface area contributed by atoms with Gasteiger partial charge in [0.15, 0.2) is 5.17 Å². The van der Waals surface area contributed by atoms with Gasteiger partial charge in [-0.15, -0.1) is 0 Å². The Hall–Kier alpha value is -2.96. The predicted octanol–water partition coefficient (Wildman–Crippen LogP) is 2.64. The average Bonchev–Trinajstić information content (AvgIpc) is 3.06. The fraction of sp³-hybridized carbons (Fsp3) is 0.300. The number of carbonyl (C=O) groups is 1. The minimum Gasteiger partial charge on any atom is -0.379 e. The van der Waals surface area contributed by atoms with Crippen LogP contribution in [0.4, 0.5) is 10.1 Å². The molecule has 2 atom stereocenters. The zero-order chi connectivity index (χ0) is 20.6. The second kappa shape index (κ2) is 7.13. The summed E-state index contributed by atoms with van der Waals surface area (Å²) in [6.07, 6.45) is 1.32. The number of nitrogens with two attached hydrogens (primary N) is 1. The van der Waals surface area contributed by atoms with Crippen LogP contribution in [0.5, 0.6) is 0 Å². The van der Waals surface area contributed by atoms with E-state index >= 15 is 0 Å². The summed E-state index contributed by atoms with van der Waals surface area (Å²) < 4.78 is 20.6. The molecular formula is C20H18FN5O2S. The number of nitrogens with one attached hydrogen (secondary N) is 1. The lowest BCUT2D eigenvalue weighted by atomic mass is 9.70. The van der Waals surface area contributed by atoms with E-state index in [4.69, 9.17) is 15.7 Å². The number of pyridine rings is 1. The van der Waals surface area contributed by atoms with Gasteiger partial charge in [-0.2, -0.15) is 5.26 Å². The van der Waals surface area contributed by atoms with Crippen molar-refractivity contribution < 1.29 is 13.9 Å². The van der Waals surface area contributed by atoms with Crippen LogP contribution < -0.4 is 11.1 Å².